The number of ether oxygens (including phenoxy) is 1. The molecule has 0 radical (unpaired) electrons. The Labute approximate surface area is 171 Å². The van der Waals surface area contributed by atoms with Gasteiger partial charge in [-0.15, -0.1) is 22.7 Å². The number of anilines is 1. The van der Waals surface area contributed by atoms with Gasteiger partial charge in [0.05, 0.1) is 26.2 Å². The Morgan fingerprint density at radius 3 is 2.82 bits per heavy atom. The number of thiazole rings is 1. The van der Waals surface area contributed by atoms with Gasteiger partial charge >= 0.3 is 5.97 Å². The Morgan fingerprint density at radius 2 is 2.14 bits per heavy atom. The smallest absolute Gasteiger partial charge is 0.350 e. The number of nitro benzene ring substituents is 1. The highest BCUT2D eigenvalue weighted by Crippen LogP contribution is 2.31. The number of non-ortho nitro benzene ring substituents is 1. The Balaban J connectivity index is 1.63. The van der Waals surface area contributed by atoms with Crippen molar-refractivity contribution in [2.45, 2.75) is 6.92 Å². The number of hydrogen-bond donors (Lipinski definition) is 1. The third kappa shape index (κ3) is 4.53. The summed E-state index contributed by atoms with van der Waals surface area (Å²) < 4.78 is 5.04. The van der Waals surface area contributed by atoms with Crippen molar-refractivity contribution in [3.8, 4) is 9.88 Å². The summed E-state index contributed by atoms with van der Waals surface area (Å²) in [5, 5.41) is 15.9. The number of nitrogens with one attached hydrogen (secondary N) is 1. The molecule has 3 rings (SSSR count). The summed E-state index contributed by atoms with van der Waals surface area (Å²) in [7, 11) is 0. The minimum absolute atomic E-state index is 0.0610. The standard InChI is InChI=1S/C17H12ClN3O5S2/c1-9-15(28-16(19-9)13-3-2-6-27-13)17(23)26-8-14(22)20-12-7-10(21(24)25)4-5-11(12)18/h2-7H,8H2,1H3,(H,20,22). The van der Waals surface area contributed by atoms with Crippen molar-refractivity contribution >= 4 is 57.5 Å². The maximum atomic E-state index is 12.3. The van der Waals surface area contributed by atoms with Gasteiger partial charge < -0.3 is 10.1 Å². The fraction of sp³-hybridized carbons (Fsp3) is 0.118. The molecule has 11 heteroatoms. The van der Waals surface area contributed by atoms with Crippen LogP contribution in [0, 0.1) is 17.0 Å². The molecule has 0 saturated carbocycles. The van der Waals surface area contributed by atoms with Gasteiger partial charge in [0, 0.05) is 12.1 Å². The summed E-state index contributed by atoms with van der Waals surface area (Å²) in [4.78, 5) is 40.1. The van der Waals surface area contributed by atoms with Crippen molar-refractivity contribution in [2.75, 3.05) is 11.9 Å². The highest BCUT2D eigenvalue weighted by atomic mass is 35.5. The first kappa shape index (κ1) is 19.9. The van der Waals surface area contributed by atoms with Crippen LogP contribution in [0.1, 0.15) is 15.4 Å². The minimum Gasteiger partial charge on any atom is -0.451 e. The van der Waals surface area contributed by atoms with E-state index in [1.165, 1.54) is 34.8 Å². The third-order valence-corrected chi connectivity index (χ3v) is 5.99. The zero-order chi connectivity index (χ0) is 20.3. The SMILES string of the molecule is Cc1nc(-c2cccs2)sc1C(=O)OCC(=O)Nc1cc([N+](=O)[O-])ccc1Cl. The molecule has 0 fully saturated rings. The van der Waals surface area contributed by atoms with Crippen LogP contribution in [0.3, 0.4) is 0 Å². The van der Waals surface area contributed by atoms with Gasteiger partial charge in [0.2, 0.25) is 0 Å². The van der Waals surface area contributed by atoms with E-state index in [1.807, 2.05) is 17.5 Å². The van der Waals surface area contributed by atoms with Crippen molar-refractivity contribution in [2.24, 2.45) is 0 Å². The van der Waals surface area contributed by atoms with Crippen LogP contribution in [0.15, 0.2) is 35.7 Å². The molecule has 2 aromatic heterocycles. The van der Waals surface area contributed by atoms with Crippen LogP contribution in [0.4, 0.5) is 11.4 Å². The second-order valence-corrected chi connectivity index (χ2v) is 7.81. The number of nitrogens with zero attached hydrogens (tertiary/aromatic N) is 2. The number of thiophene rings is 1. The van der Waals surface area contributed by atoms with Crippen LogP contribution < -0.4 is 5.32 Å². The van der Waals surface area contributed by atoms with Crippen LogP contribution in [-0.2, 0) is 9.53 Å². The lowest BCUT2D eigenvalue weighted by Crippen LogP contribution is -2.21. The minimum atomic E-state index is -0.670. The highest BCUT2D eigenvalue weighted by molar-refractivity contribution is 7.22. The molecule has 0 bridgehead atoms. The second kappa shape index (κ2) is 8.46. The normalized spacial score (nSPS) is 10.5. The number of esters is 1. The third-order valence-electron chi connectivity index (χ3n) is 3.48. The first-order valence-corrected chi connectivity index (χ1v) is 9.85. The average molecular weight is 438 g/mol. The van der Waals surface area contributed by atoms with E-state index < -0.39 is 23.4 Å². The van der Waals surface area contributed by atoms with Crippen LogP contribution in [0.25, 0.3) is 9.88 Å². The fourth-order valence-corrected chi connectivity index (χ4v) is 4.12. The highest BCUT2D eigenvalue weighted by Gasteiger charge is 2.19. The van der Waals surface area contributed by atoms with E-state index in [0.717, 1.165) is 10.9 Å². The van der Waals surface area contributed by atoms with E-state index in [-0.39, 0.29) is 16.4 Å². The van der Waals surface area contributed by atoms with E-state index in [9.17, 15) is 19.7 Å². The van der Waals surface area contributed by atoms with E-state index in [0.29, 0.717) is 15.6 Å². The maximum Gasteiger partial charge on any atom is 0.350 e. The summed E-state index contributed by atoms with van der Waals surface area (Å²) in [6.45, 7) is 1.12. The molecule has 2 heterocycles. The predicted molar refractivity (Wildman–Crippen MR) is 107 cm³/mol. The number of aromatic nitrogens is 1. The topological polar surface area (TPSA) is 111 Å². The number of carbonyl (C=O) groups is 2. The molecular weight excluding hydrogens is 426 g/mol. The van der Waals surface area contributed by atoms with Gasteiger partial charge in [0.1, 0.15) is 9.88 Å². The summed E-state index contributed by atoms with van der Waals surface area (Å²) in [6.07, 6.45) is 0. The lowest BCUT2D eigenvalue weighted by atomic mass is 10.3. The number of halogens is 1. The Hall–Kier alpha value is -2.82. The molecule has 3 aromatic rings. The fourth-order valence-electron chi connectivity index (χ4n) is 2.20. The summed E-state index contributed by atoms with van der Waals surface area (Å²) in [5.41, 5.74) is 0.351. The van der Waals surface area contributed by atoms with Crippen molar-refractivity contribution < 1.29 is 19.2 Å². The van der Waals surface area contributed by atoms with Crippen LogP contribution >= 0.6 is 34.3 Å². The zero-order valence-electron chi connectivity index (χ0n) is 14.3. The van der Waals surface area contributed by atoms with Gasteiger partial charge in [-0.1, -0.05) is 17.7 Å². The van der Waals surface area contributed by atoms with Gasteiger partial charge in [-0.2, -0.15) is 0 Å². The molecule has 28 heavy (non-hydrogen) atoms. The molecule has 0 spiro atoms. The first-order chi connectivity index (χ1) is 13.3. The molecule has 1 amide bonds. The number of aryl methyl sites for hydroxylation is 1. The van der Waals surface area contributed by atoms with E-state index in [2.05, 4.69) is 10.3 Å². The van der Waals surface area contributed by atoms with Gasteiger partial charge in [0.15, 0.2) is 6.61 Å². The molecule has 0 saturated heterocycles. The van der Waals surface area contributed by atoms with Crippen LogP contribution in [0.5, 0.6) is 0 Å². The van der Waals surface area contributed by atoms with E-state index >= 15 is 0 Å². The molecule has 0 unspecified atom stereocenters. The Morgan fingerprint density at radius 1 is 1.36 bits per heavy atom. The molecule has 0 aliphatic heterocycles. The molecule has 0 aliphatic carbocycles. The molecule has 1 aromatic carbocycles. The van der Waals surface area contributed by atoms with Crippen LogP contribution in [0.2, 0.25) is 5.02 Å². The largest absolute Gasteiger partial charge is 0.451 e. The van der Waals surface area contributed by atoms with Crippen molar-refractivity contribution in [3.05, 3.63) is 61.4 Å². The first-order valence-electron chi connectivity index (χ1n) is 7.77. The van der Waals surface area contributed by atoms with Gasteiger partial charge in [-0.05, 0) is 24.4 Å². The van der Waals surface area contributed by atoms with E-state index in [1.54, 1.807) is 6.92 Å². The van der Waals surface area contributed by atoms with Gasteiger partial charge in [-0.3, -0.25) is 14.9 Å². The van der Waals surface area contributed by atoms with Gasteiger partial charge in [0.25, 0.3) is 11.6 Å². The predicted octanol–water partition coefficient (Wildman–Crippen LogP) is 4.54. The Kier molecular flexibility index (Phi) is 6.02. The zero-order valence-corrected chi connectivity index (χ0v) is 16.7. The molecule has 144 valence electrons. The molecular formula is C17H12ClN3O5S2. The molecule has 0 aliphatic rings. The average Bonchev–Trinajstić information content (AvgIpc) is 3.31. The van der Waals surface area contributed by atoms with E-state index in [4.69, 9.17) is 16.3 Å². The van der Waals surface area contributed by atoms with Crippen molar-refractivity contribution in [3.63, 3.8) is 0 Å². The quantitative estimate of drug-likeness (QED) is 0.344. The van der Waals surface area contributed by atoms with Gasteiger partial charge in [-0.25, -0.2) is 9.78 Å². The summed E-state index contributed by atoms with van der Waals surface area (Å²) in [6, 6.07) is 7.43. The number of hydrogen-bond acceptors (Lipinski definition) is 8. The maximum absolute atomic E-state index is 12.3. The van der Waals surface area contributed by atoms with Crippen molar-refractivity contribution in [1.29, 1.82) is 0 Å². The molecule has 0 atom stereocenters. The number of nitro groups is 1. The Bertz CT molecular complexity index is 1050. The van der Waals surface area contributed by atoms with Crippen molar-refractivity contribution in [1.82, 2.24) is 4.98 Å². The second-order valence-electron chi connectivity index (χ2n) is 5.46. The molecule has 1 N–H and O–H groups in total. The number of rotatable bonds is 6. The van der Waals surface area contributed by atoms with Crippen LogP contribution in [-0.4, -0.2) is 28.4 Å². The number of carbonyl (C=O) groups excluding carboxylic acids is 2. The molecule has 8 nitrogen and oxygen atoms in total. The summed E-state index contributed by atoms with van der Waals surface area (Å²) in [5.74, 6) is -1.34. The lowest BCUT2D eigenvalue weighted by molar-refractivity contribution is -0.384. The lowest BCUT2D eigenvalue weighted by Gasteiger charge is -2.07. The number of benzene rings is 1. The monoisotopic (exact) mass is 437 g/mol. The number of amides is 1. The summed E-state index contributed by atoms with van der Waals surface area (Å²) >= 11 is 8.62.